The van der Waals surface area contributed by atoms with Crippen molar-refractivity contribution in [2.45, 2.75) is 19.4 Å². The molecule has 0 unspecified atom stereocenters. The smallest absolute Gasteiger partial charge is 0.278 e. The fourth-order valence-electron chi connectivity index (χ4n) is 4.35. The van der Waals surface area contributed by atoms with Crippen LogP contribution in [0.25, 0.3) is 5.57 Å². The average molecular weight is 394 g/mol. The maximum atomic E-state index is 13.6. The zero-order valence-corrected chi connectivity index (χ0v) is 16.6. The van der Waals surface area contributed by atoms with Gasteiger partial charge in [0.1, 0.15) is 5.70 Å². The molecule has 0 aromatic heterocycles. The topological polar surface area (TPSA) is 40.6 Å². The molecule has 0 radical (unpaired) electrons. The van der Waals surface area contributed by atoms with Crippen molar-refractivity contribution in [1.82, 2.24) is 4.90 Å². The van der Waals surface area contributed by atoms with Crippen LogP contribution >= 0.6 is 0 Å². The van der Waals surface area contributed by atoms with E-state index in [1.807, 2.05) is 83.8 Å². The lowest BCUT2D eigenvalue weighted by Crippen LogP contribution is -2.36. The number of nitrogens with zero attached hydrogens (tertiary/aromatic N) is 2. The molecule has 3 aromatic rings. The zero-order chi connectivity index (χ0) is 20.5. The van der Waals surface area contributed by atoms with E-state index >= 15 is 0 Å². The number of fused-ring (bicyclic) bond motifs is 1. The van der Waals surface area contributed by atoms with Crippen LogP contribution in [0.3, 0.4) is 0 Å². The highest BCUT2D eigenvalue weighted by molar-refractivity contribution is 6.36. The lowest BCUT2D eigenvalue weighted by atomic mass is 9.98. The Labute approximate surface area is 176 Å². The molecule has 0 N–H and O–H groups in total. The van der Waals surface area contributed by atoms with Crippen molar-refractivity contribution in [2.24, 2.45) is 0 Å². The highest BCUT2D eigenvalue weighted by Gasteiger charge is 2.42. The summed E-state index contributed by atoms with van der Waals surface area (Å²) in [6.45, 7) is 0.995. The van der Waals surface area contributed by atoms with E-state index < -0.39 is 0 Å². The minimum absolute atomic E-state index is 0.223. The van der Waals surface area contributed by atoms with E-state index in [-0.39, 0.29) is 18.4 Å². The lowest BCUT2D eigenvalue weighted by Gasteiger charge is -2.32. The summed E-state index contributed by atoms with van der Waals surface area (Å²) in [5.41, 5.74) is 4.94. The molecule has 30 heavy (non-hydrogen) atoms. The second-order valence-electron chi connectivity index (χ2n) is 7.66. The molecule has 4 nitrogen and oxygen atoms in total. The number of aryl methyl sites for hydroxylation is 1. The molecule has 2 aliphatic rings. The molecule has 5 rings (SSSR count). The molecule has 0 atom stereocenters. The number of hydrogen-bond acceptors (Lipinski definition) is 3. The van der Waals surface area contributed by atoms with Crippen LogP contribution in [0.2, 0.25) is 0 Å². The summed E-state index contributed by atoms with van der Waals surface area (Å²) < 4.78 is 0. The van der Waals surface area contributed by atoms with Crippen LogP contribution in [0.15, 0.2) is 90.6 Å². The summed E-state index contributed by atoms with van der Waals surface area (Å²) in [6.07, 6.45) is 1.93. The van der Waals surface area contributed by atoms with Gasteiger partial charge in [-0.1, -0.05) is 78.9 Å². The van der Waals surface area contributed by atoms with Crippen LogP contribution in [-0.4, -0.2) is 23.3 Å². The Balaban J connectivity index is 1.62. The maximum absolute atomic E-state index is 13.6. The number of amides is 2. The summed E-state index contributed by atoms with van der Waals surface area (Å²) in [5.74, 6) is -0.451. The Morgan fingerprint density at radius 1 is 0.733 bits per heavy atom. The summed E-state index contributed by atoms with van der Waals surface area (Å²) in [6, 6.07) is 27.4. The number of anilines is 1. The molecule has 0 spiro atoms. The van der Waals surface area contributed by atoms with E-state index in [0.717, 1.165) is 36.2 Å². The maximum Gasteiger partial charge on any atom is 0.278 e. The largest absolute Gasteiger partial charge is 0.336 e. The third-order valence-corrected chi connectivity index (χ3v) is 5.77. The molecule has 2 heterocycles. The highest BCUT2D eigenvalue weighted by Crippen LogP contribution is 2.38. The fourth-order valence-corrected chi connectivity index (χ4v) is 4.35. The number of carbonyl (C=O) groups is 2. The minimum Gasteiger partial charge on any atom is -0.336 e. The molecule has 0 bridgehead atoms. The molecule has 0 fully saturated rings. The SMILES string of the molecule is O=C1C(c2ccccc2)=C(N2CCCc3ccccc32)C(=O)N1Cc1ccccc1. The van der Waals surface area contributed by atoms with Gasteiger partial charge in [-0.05, 0) is 35.6 Å². The molecule has 4 heteroatoms. The van der Waals surface area contributed by atoms with Gasteiger partial charge in [-0.3, -0.25) is 14.5 Å². The predicted molar refractivity (Wildman–Crippen MR) is 117 cm³/mol. The number of carbonyl (C=O) groups excluding carboxylic acids is 2. The molecule has 0 saturated heterocycles. The van der Waals surface area contributed by atoms with Crippen molar-refractivity contribution in [3.05, 3.63) is 107 Å². The zero-order valence-electron chi connectivity index (χ0n) is 16.6. The molecule has 2 amide bonds. The van der Waals surface area contributed by atoms with Crippen molar-refractivity contribution in [3.8, 4) is 0 Å². The van der Waals surface area contributed by atoms with Crippen LogP contribution in [-0.2, 0) is 22.6 Å². The Morgan fingerprint density at radius 3 is 2.17 bits per heavy atom. The summed E-state index contributed by atoms with van der Waals surface area (Å²) >= 11 is 0. The molecule has 2 aliphatic heterocycles. The van der Waals surface area contributed by atoms with E-state index in [1.54, 1.807) is 0 Å². The normalized spacial score (nSPS) is 16.3. The Hall–Kier alpha value is -3.66. The number of rotatable bonds is 4. The predicted octanol–water partition coefficient (Wildman–Crippen LogP) is 4.42. The van der Waals surface area contributed by atoms with Crippen molar-refractivity contribution < 1.29 is 9.59 Å². The number of benzene rings is 3. The fraction of sp³-hybridized carbons (Fsp3) is 0.154. The van der Waals surface area contributed by atoms with E-state index in [0.29, 0.717) is 11.3 Å². The van der Waals surface area contributed by atoms with Crippen LogP contribution in [0.4, 0.5) is 5.69 Å². The third kappa shape index (κ3) is 3.11. The molecule has 3 aromatic carbocycles. The van der Waals surface area contributed by atoms with Crippen molar-refractivity contribution in [3.63, 3.8) is 0 Å². The number of hydrogen-bond donors (Lipinski definition) is 0. The molecule has 148 valence electrons. The Morgan fingerprint density at radius 2 is 1.40 bits per heavy atom. The minimum atomic E-state index is -0.229. The Kier molecular flexibility index (Phi) is 4.68. The summed E-state index contributed by atoms with van der Waals surface area (Å²) in [4.78, 5) is 30.6. The third-order valence-electron chi connectivity index (χ3n) is 5.77. The molecular formula is C26H22N2O2. The van der Waals surface area contributed by atoms with Gasteiger partial charge in [-0.15, -0.1) is 0 Å². The van der Waals surface area contributed by atoms with E-state index in [9.17, 15) is 9.59 Å². The standard InChI is InChI=1S/C26H22N2O2/c29-25-23(21-13-5-2-6-14-21)24(26(30)28(25)18-19-10-3-1-4-11-19)27-17-9-15-20-12-7-8-16-22(20)27/h1-8,10-14,16H,9,15,17-18H2. The molecular weight excluding hydrogens is 372 g/mol. The van der Waals surface area contributed by atoms with Gasteiger partial charge >= 0.3 is 0 Å². The summed E-state index contributed by atoms with van der Waals surface area (Å²) in [7, 11) is 0. The van der Waals surface area contributed by atoms with Crippen molar-refractivity contribution >= 4 is 23.1 Å². The highest BCUT2D eigenvalue weighted by atomic mass is 16.2. The van der Waals surface area contributed by atoms with Crippen molar-refractivity contribution in [2.75, 3.05) is 11.4 Å². The van der Waals surface area contributed by atoms with Gasteiger partial charge in [0.05, 0.1) is 12.1 Å². The van der Waals surface area contributed by atoms with Gasteiger partial charge in [0.25, 0.3) is 11.8 Å². The molecule has 0 saturated carbocycles. The van der Waals surface area contributed by atoms with E-state index in [4.69, 9.17) is 0 Å². The van der Waals surface area contributed by atoms with E-state index in [1.165, 1.54) is 10.5 Å². The monoisotopic (exact) mass is 394 g/mol. The number of imide groups is 1. The first-order valence-electron chi connectivity index (χ1n) is 10.3. The second kappa shape index (κ2) is 7.64. The first-order chi connectivity index (χ1) is 14.7. The molecule has 0 aliphatic carbocycles. The second-order valence-corrected chi connectivity index (χ2v) is 7.66. The van der Waals surface area contributed by atoms with Gasteiger partial charge < -0.3 is 4.90 Å². The van der Waals surface area contributed by atoms with Crippen molar-refractivity contribution in [1.29, 1.82) is 0 Å². The quantitative estimate of drug-likeness (QED) is 0.615. The van der Waals surface area contributed by atoms with Gasteiger partial charge in [-0.2, -0.15) is 0 Å². The van der Waals surface area contributed by atoms with Crippen LogP contribution in [0.5, 0.6) is 0 Å². The van der Waals surface area contributed by atoms with Gasteiger partial charge in [0.15, 0.2) is 0 Å². The summed E-state index contributed by atoms with van der Waals surface area (Å²) in [5, 5.41) is 0. The number of para-hydroxylation sites is 1. The van der Waals surface area contributed by atoms with Gasteiger partial charge in [0.2, 0.25) is 0 Å². The van der Waals surface area contributed by atoms with Crippen LogP contribution in [0, 0.1) is 0 Å². The first-order valence-corrected chi connectivity index (χ1v) is 10.3. The van der Waals surface area contributed by atoms with Gasteiger partial charge in [-0.25, -0.2) is 0 Å². The van der Waals surface area contributed by atoms with Crippen LogP contribution in [0.1, 0.15) is 23.1 Å². The average Bonchev–Trinajstić information content (AvgIpc) is 3.04. The first kappa shape index (κ1) is 18.4. The van der Waals surface area contributed by atoms with Crippen LogP contribution < -0.4 is 4.90 Å². The lowest BCUT2D eigenvalue weighted by molar-refractivity contribution is -0.137. The van der Waals surface area contributed by atoms with Gasteiger partial charge in [0, 0.05) is 12.2 Å². The Bertz CT molecular complexity index is 1140. The van der Waals surface area contributed by atoms with E-state index in [2.05, 4.69) is 6.07 Å².